The first-order valence-corrected chi connectivity index (χ1v) is 6.90. The topological polar surface area (TPSA) is 50.3 Å². The summed E-state index contributed by atoms with van der Waals surface area (Å²) in [6.45, 7) is 7.70. The van der Waals surface area contributed by atoms with Gasteiger partial charge in [-0.05, 0) is 39.0 Å². The number of aryl methyl sites for hydroxylation is 1. The van der Waals surface area contributed by atoms with Gasteiger partial charge in [0.1, 0.15) is 0 Å². The zero-order chi connectivity index (χ0) is 12.8. The Labute approximate surface area is 110 Å². The molecule has 18 heavy (non-hydrogen) atoms. The summed E-state index contributed by atoms with van der Waals surface area (Å²) in [7, 11) is 1.97. The summed E-state index contributed by atoms with van der Waals surface area (Å²) in [6.07, 6.45) is 6.45. The van der Waals surface area contributed by atoms with Crippen molar-refractivity contribution in [2.45, 2.75) is 19.4 Å². The molecule has 0 amide bonds. The van der Waals surface area contributed by atoms with Gasteiger partial charge in [-0.1, -0.05) is 0 Å². The highest BCUT2D eigenvalue weighted by atomic mass is 15.3. The summed E-state index contributed by atoms with van der Waals surface area (Å²) in [5.41, 5.74) is 6.88. The van der Waals surface area contributed by atoms with Crippen LogP contribution in [0, 0.1) is 0 Å². The van der Waals surface area contributed by atoms with E-state index >= 15 is 0 Å². The first kappa shape index (κ1) is 13.5. The highest BCUT2D eigenvalue weighted by Crippen LogP contribution is 2.08. The Bertz CT molecular complexity index is 349. The second-order valence-electron chi connectivity index (χ2n) is 5.14. The van der Waals surface area contributed by atoms with Gasteiger partial charge in [0.25, 0.3) is 0 Å². The molecule has 0 saturated carbocycles. The van der Waals surface area contributed by atoms with Crippen LogP contribution < -0.4 is 5.73 Å². The third kappa shape index (κ3) is 4.08. The summed E-state index contributed by atoms with van der Waals surface area (Å²) < 4.78 is 1.88. The monoisotopic (exact) mass is 251 g/mol. The van der Waals surface area contributed by atoms with E-state index in [0.29, 0.717) is 0 Å². The van der Waals surface area contributed by atoms with Crippen molar-refractivity contribution in [3.8, 4) is 0 Å². The lowest BCUT2D eigenvalue weighted by atomic mass is 10.3. The molecule has 0 unspecified atom stereocenters. The van der Waals surface area contributed by atoms with Crippen LogP contribution in [0.3, 0.4) is 0 Å². The SMILES string of the molecule is Cn1cc(CN2CCCN(CCCN)CC2)cn1. The molecular formula is C13H25N5. The van der Waals surface area contributed by atoms with Gasteiger partial charge in [-0.3, -0.25) is 9.58 Å². The summed E-state index contributed by atoms with van der Waals surface area (Å²) in [5.74, 6) is 0. The smallest absolute Gasteiger partial charge is 0.0534 e. The minimum Gasteiger partial charge on any atom is -0.330 e. The number of hydrogen-bond donors (Lipinski definition) is 1. The lowest BCUT2D eigenvalue weighted by Gasteiger charge is -2.21. The molecule has 1 fully saturated rings. The number of rotatable bonds is 5. The van der Waals surface area contributed by atoms with Gasteiger partial charge in [-0.25, -0.2) is 0 Å². The van der Waals surface area contributed by atoms with Crippen LogP contribution in [-0.2, 0) is 13.6 Å². The molecule has 0 aliphatic carbocycles. The van der Waals surface area contributed by atoms with Crippen molar-refractivity contribution >= 4 is 0 Å². The van der Waals surface area contributed by atoms with Gasteiger partial charge in [0.15, 0.2) is 0 Å². The van der Waals surface area contributed by atoms with E-state index in [1.807, 2.05) is 17.9 Å². The predicted octanol–water partition coefficient (Wildman–Crippen LogP) is 0.277. The Morgan fingerprint density at radius 2 is 2.00 bits per heavy atom. The lowest BCUT2D eigenvalue weighted by Crippen LogP contribution is -2.31. The van der Waals surface area contributed by atoms with Crippen LogP contribution in [0.5, 0.6) is 0 Å². The Hall–Kier alpha value is -0.910. The Morgan fingerprint density at radius 1 is 1.22 bits per heavy atom. The second-order valence-corrected chi connectivity index (χ2v) is 5.14. The van der Waals surface area contributed by atoms with Gasteiger partial charge in [-0.15, -0.1) is 0 Å². The van der Waals surface area contributed by atoms with E-state index < -0.39 is 0 Å². The average molecular weight is 251 g/mol. The molecule has 0 radical (unpaired) electrons. The molecule has 5 nitrogen and oxygen atoms in total. The third-order valence-electron chi connectivity index (χ3n) is 3.52. The van der Waals surface area contributed by atoms with Gasteiger partial charge < -0.3 is 10.6 Å². The number of nitrogens with zero attached hydrogens (tertiary/aromatic N) is 4. The minimum absolute atomic E-state index is 0.801. The fourth-order valence-electron chi connectivity index (χ4n) is 2.53. The van der Waals surface area contributed by atoms with Crippen molar-refractivity contribution in [1.82, 2.24) is 19.6 Å². The minimum atomic E-state index is 0.801. The normalized spacial score (nSPS) is 19.0. The van der Waals surface area contributed by atoms with Crippen LogP contribution in [-0.4, -0.2) is 58.8 Å². The molecule has 102 valence electrons. The maximum atomic E-state index is 5.57. The van der Waals surface area contributed by atoms with Crippen molar-refractivity contribution < 1.29 is 0 Å². The molecule has 1 aromatic heterocycles. The van der Waals surface area contributed by atoms with Gasteiger partial charge in [-0.2, -0.15) is 5.10 Å². The van der Waals surface area contributed by atoms with E-state index in [1.165, 1.54) is 31.6 Å². The highest BCUT2D eigenvalue weighted by Gasteiger charge is 2.14. The third-order valence-corrected chi connectivity index (χ3v) is 3.52. The van der Waals surface area contributed by atoms with Crippen molar-refractivity contribution in [2.24, 2.45) is 12.8 Å². The predicted molar refractivity (Wildman–Crippen MR) is 73.2 cm³/mol. The summed E-state index contributed by atoms with van der Waals surface area (Å²) in [5, 5.41) is 4.23. The fourth-order valence-corrected chi connectivity index (χ4v) is 2.53. The van der Waals surface area contributed by atoms with E-state index in [4.69, 9.17) is 5.73 Å². The van der Waals surface area contributed by atoms with Gasteiger partial charge in [0.05, 0.1) is 6.20 Å². The van der Waals surface area contributed by atoms with Gasteiger partial charge in [0.2, 0.25) is 0 Å². The quantitative estimate of drug-likeness (QED) is 0.816. The van der Waals surface area contributed by atoms with Crippen molar-refractivity contribution in [1.29, 1.82) is 0 Å². The molecule has 2 N–H and O–H groups in total. The van der Waals surface area contributed by atoms with E-state index in [9.17, 15) is 0 Å². The molecule has 0 bridgehead atoms. The van der Waals surface area contributed by atoms with Crippen LogP contribution in [0.1, 0.15) is 18.4 Å². The van der Waals surface area contributed by atoms with Crippen LogP contribution in [0.4, 0.5) is 0 Å². The molecule has 1 aromatic rings. The molecule has 0 spiro atoms. The molecule has 5 heteroatoms. The van der Waals surface area contributed by atoms with E-state index in [-0.39, 0.29) is 0 Å². The van der Waals surface area contributed by atoms with Crippen LogP contribution in [0.2, 0.25) is 0 Å². The molecule has 1 saturated heterocycles. The van der Waals surface area contributed by atoms with E-state index in [2.05, 4.69) is 21.1 Å². The number of aromatic nitrogens is 2. The van der Waals surface area contributed by atoms with Crippen LogP contribution in [0.15, 0.2) is 12.4 Å². The number of hydrogen-bond acceptors (Lipinski definition) is 4. The zero-order valence-corrected chi connectivity index (χ0v) is 11.4. The first-order valence-electron chi connectivity index (χ1n) is 6.90. The Morgan fingerprint density at radius 3 is 2.72 bits per heavy atom. The van der Waals surface area contributed by atoms with Crippen molar-refractivity contribution in [3.05, 3.63) is 18.0 Å². The van der Waals surface area contributed by atoms with Crippen LogP contribution >= 0.6 is 0 Å². The zero-order valence-electron chi connectivity index (χ0n) is 11.4. The molecule has 2 heterocycles. The summed E-state index contributed by atoms with van der Waals surface area (Å²) in [4.78, 5) is 5.07. The summed E-state index contributed by atoms with van der Waals surface area (Å²) in [6, 6.07) is 0. The van der Waals surface area contributed by atoms with Gasteiger partial charge >= 0.3 is 0 Å². The average Bonchev–Trinajstić information content (AvgIpc) is 2.63. The van der Waals surface area contributed by atoms with Crippen LogP contribution in [0.25, 0.3) is 0 Å². The molecule has 2 rings (SSSR count). The molecule has 0 atom stereocenters. The largest absolute Gasteiger partial charge is 0.330 e. The van der Waals surface area contributed by atoms with Gasteiger partial charge in [0, 0.05) is 38.4 Å². The van der Waals surface area contributed by atoms with Crippen molar-refractivity contribution in [3.63, 3.8) is 0 Å². The van der Waals surface area contributed by atoms with Crippen molar-refractivity contribution in [2.75, 3.05) is 39.3 Å². The molecule has 1 aliphatic rings. The first-order chi connectivity index (χ1) is 8.78. The van der Waals surface area contributed by atoms with E-state index in [0.717, 1.165) is 32.6 Å². The Kier molecular flexibility index (Phi) is 5.16. The Balaban J connectivity index is 1.78. The summed E-state index contributed by atoms with van der Waals surface area (Å²) >= 11 is 0. The molecule has 1 aliphatic heterocycles. The maximum absolute atomic E-state index is 5.57. The molecular weight excluding hydrogens is 226 g/mol. The second kappa shape index (κ2) is 6.87. The fraction of sp³-hybridized carbons (Fsp3) is 0.769. The lowest BCUT2D eigenvalue weighted by molar-refractivity contribution is 0.251. The molecule has 0 aromatic carbocycles. The standard InChI is InChI=1S/C13H25N5/c1-16-11-13(10-15-16)12-18-7-3-6-17(8-9-18)5-2-4-14/h10-11H,2-9,12,14H2,1H3. The highest BCUT2D eigenvalue weighted by molar-refractivity contribution is 5.03. The number of nitrogens with two attached hydrogens (primary N) is 1. The van der Waals surface area contributed by atoms with E-state index in [1.54, 1.807) is 0 Å². The maximum Gasteiger partial charge on any atom is 0.0534 e.